The number of carbonyl (C=O) groups excluding carboxylic acids is 1. The first-order valence-electron chi connectivity index (χ1n) is 6.60. The molecule has 0 amide bonds. The van der Waals surface area contributed by atoms with E-state index in [1.807, 2.05) is 6.07 Å². The third-order valence-corrected chi connectivity index (χ3v) is 4.43. The van der Waals surface area contributed by atoms with Gasteiger partial charge in [-0.25, -0.2) is 0 Å². The highest BCUT2D eigenvalue weighted by Crippen LogP contribution is 2.35. The molecule has 1 aliphatic rings. The Morgan fingerprint density at radius 2 is 2.20 bits per heavy atom. The van der Waals surface area contributed by atoms with Crippen LogP contribution in [0, 0.1) is 23.0 Å². The zero-order chi connectivity index (χ0) is 14.9. The van der Waals surface area contributed by atoms with Gasteiger partial charge in [-0.15, -0.1) is 0 Å². The second-order valence-corrected chi connectivity index (χ2v) is 6.10. The predicted octanol–water partition coefficient (Wildman–Crippen LogP) is 3.47. The average Bonchev–Trinajstić information content (AvgIpc) is 2.40. The fraction of sp³-hybridized carbons (Fsp3) is 0.500. The Hall–Kier alpha value is -1.43. The Morgan fingerprint density at radius 3 is 2.80 bits per heavy atom. The number of hydrogen-bond acceptors (Lipinski definition) is 4. The average molecular weight is 341 g/mol. The van der Waals surface area contributed by atoms with Crippen molar-refractivity contribution in [2.45, 2.75) is 26.7 Å². The second kappa shape index (κ2) is 5.91. The van der Waals surface area contributed by atoms with Gasteiger partial charge in [0, 0.05) is 35.1 Å². The summed E-state index contributed by atoms with van der Waals surface area (Å²) in [6.07, 6.45) is 1.89. The van der Waals surface area contributed by atoms with E-state index in [0.29, 0.717) is 16.6 Å². The number of rotatable bonds is 3. The second-order valence-electron chi connectivity index (χ2n) is 5.24. The molecule has 1 atom stereocenters. The summed E-state index contributed by atoms with van der Waals surface area (Å²) in [4.78, 5) is 24.2. The molecule has 0 bridgehead atoms. The van der Waals surface area contributed by atoms with Gasteiger partial charge in [-0.05, 0) is 48.7 Å². The Balaban J connectivity index is 2.31. The van der Waals surface area contributed by atoms with E-state index in [0.717, 1.165) is 25.1 Å². The molecule has 1 unspecified atom stereocenters. The highest BCUT2D eigenvalue weighted by atomic mass is 79.9. The molecule has 6 heteroatoms. The monoisotopic (exact) mass is 340 g/mol. The molecule has 1 aromatic rings. The Kier molecular flexibility index (Phi) is 4.42. The van der Waals surface area contributed by atoms with Crippen molar-refractivity contribution in [1.29, 1.82) is 0 Å². The summed E-state index contributed by atoms with van der Waals surface area (Å²) in [5.41, 5.74) is 1.68. The lowest BCUT2D eigenvalue weighted by Gasteiger charge is -2.34. The summed E-state index contributed by atoms with van der Waals surface area (Å²) in [5.74, 6) is 0.274. The van der Waals surface area contributed by atoms with Crippen LogP contribution in [0.5, 0.6) is 0 Å². The molecule has 1 heterocycles. The highest BCUT2D eigenvalue weighted by Gasteiger charge is 2.25. The maximum atomic E-state index is 11.5. The van der Waals surface area contributed by atoms with E-state index in [9.17, 15) is 14.9 Å². The van der Waals surface area contributed by atoms with Gasteiger partial charge in [0.05, 0.1) is 10.6 Å². The van der Waals surface area contributed by atoms with Crippen molar-refractivity contribution in [3.63, 3.8) is 0 Å². The molecule has 1 aliphatic heterocycles. The first kappa shape index (κ1) is 15.0. The molecule has 0 radical (unpaired) electrons. The quantitative estimate of drug-likeness (QED) is 0.624. The first-order chi connectivity index (χ1) is 9.40. The van der Waals surface area contributed by atoms with Crippen molar-refractivity contribution in [3.05, 3.63) is 32.3 Å². The minimum absolute atomic E-state index is 0.0612. The van der Waals surface area contributed by atoms with Crippen LogP contribution in [0.3, 0.4) is 0 Å². The van der Waals surface area contributed by atoms with Gasteiger partial charge >= 0.3 is 0 Å². The number of carbonyl (C=O) groups is 1. The van der Waals surface area contributed by atoms with Gasteiger partial charge in [-0.3, -0.25) is 14.9 Å². The number of piperidine rings is 1. The SMILES string of the molecule is CC(=O)C1CCCN(c2cc(C)c([N+](=O)[O-])cc2Br)C1. The molecule has 20 heavy (non-hydrogen) atoms. The van der Waals surface area contributed by atoms with Crippen LogP contribution in [0.2, 0.25) is 0 Å². The Labute approximate surface area is 126 Å². The normalized spacial score (nSPS) is 18.9. The van der Waals surface area contributed by atoms with Crippen molar-refractivity contribution in [2.24, 2.45) is 5.92 Å². The van der Waals surface area contributed by atoms with E-state index < -0.39 is 0 Å². The standard InChI is InChI=1S/C14H17BrN2O3/c1-9-6-14(12(15)7-13(9)17(19)20)16-5-3-4-11(8-16)10(2)18/h6-7,11H,3-5,8H2,1-2H3. The van der Waals surface area contributed by atoms with Crippen LogP contribution >= 0.6 is 15.9 Å². The molecule has 2 rings (SSSR count). The number of benzene rings is 1. The maximum Gasteiger partial charge on any atom is 0.273 e. The summed E-state index contributed by atoms with van der Waals surface area (Å²) >= 11 is 3.41. The van der Waals surface area contributed by atoms with Gasteiger partial charge in [0.1, 0.15) is 5.78 Å². The van der Waals surface area contributed by atoms with Gasteiger partial charge in [-0.1, -0.05) is 0 Å². The fourth-order valence-corrected chi connectivity index (χ4v) is 3.20. The number of anilines is 1. The van der Waals surface area contributed by atoms with Crippen molar-refractivity contribution in [3.8, 4) is 0 Å². The number of nitrogens with zero attached hydrogens (tertiary/aromatic N) is 2. The van der Waals surface area contributed by atoms with Crippen LogP contribution in [0.25, 0.3) is 0 Å². The van der Waals surface area contributed by atoms with Crippen LogP contribution in [0.4, 0.5) is 11.4 Å². The summed E-state index contributed by atoms with van der Waals surface area (Å²) in [6, 6.07) is 3.37. The van der Waals surface area contributed by atoms with Gasteiger partial charge in [0.25, 0.3) is 5.69 Å². The molecule has 0 aliphatic carbocycles. The smallest absolute Gasteiger partial charge is 0.273 e. The summed E-state index contributed by atoms with van der Waals surface area (Å²) in [5, 5.41) is 10.9. The van der Waals surface area contributed by atoms with Crippen molar-refractivity contribution >= 4 is 33.1 Å². The number of halogens is 1. The summed E-state index contributed by atoms with van der Waals surface area (Å²) in [6.45, 7) is 4.93. The van der Waals surface area contributed by atoms with E-state index in [1.54, 1.807) is 19.9 Å². The third-order valence-electron chi connectivity index (χ3n) is 3.80. The minimum Gasteiger partial charge on any atom is -0.370 e. The van der Waals surface area contributed by atoms with E-state index >= 15 is 0 Å². The van der Waals surface area contributed by atoms with Crippen LogP contribution in [-0.2, 0) is 4.79 Å². The minimum atomic E-state index is -0.377. The van der Waals surface area contributed by atoms with Gasteiger partial charge in [0.2, 0.25) is 0 Å². The molecule has 0 N–H and O–H groups in total. The molecule has 1 saturated heterocycles. The molecule has 1 aromatic carbocycles. The largest absolute Gasteiger partial charge is 0.370 e. The topological polar surface area (TPSA) is 63.5 Å². The van der Waals surface area contributed by atoms with Crippen LogP contribution in [0.15, 0.2) is 16.6 Å². The number of aryl methyl sites for hydroxylation is 1. The number of ketones is 1. The lowest BCUT2D eigenvalue weighted by atomic mass is 9.94. The van der Waals surface area contributed by atoms with Crippen molar-refractivity contribution in [2.75, 3.05) is 18.0 Å². The third kappa shape index (κ3) is 3.00. The van der Waals surface area contributed by atoms with Crippen LogP contribution in [0.1, 0.15) is 25.3 Å². The van der Waals surface area contributed by atoms with Gasteiger partial charge in [0.15, 0.2) is 0 Å². The molecule has 0 saturated carbocycles. The zero-order valence-corrected chi connectivity index (χ0v) is 13.1. The molecular weight excluding hydrogens is 324 g/mol. The molecule has 1 fully saturated rings. The highest BCUT2D eigenvalue weighted by molar-refractivity contribution is 9.10. The van der Waals surface area contributed by atoms with E-state index in [4.69, 9.17) is 0 Å². The van der Waals surface area contributed by atoms with E-state index in [2.05, 4.69) is 20.8 Å². The maximum absolute atomic E-state index is 11.5. The number of nitro groups is 1. The van der Waals surface area contributed by atoms with Crippen molar-refractivity contribution < 1.29 is 9.72 Å². The van der Waals surface area contributed by atoms with Crippen LogP contribution < -0.4 is 4.90 Å². The zero-order valence-electron chi connectivity index (χ0n) is 11.6. The Morgan fingerprint density at radius 1 is 1.50 bits per heavy atom. The summed E-state index contributed by atoms with van der Waals surface area (Å²) < 4.78 is 0.707. The summed E-state index contributed by atoms with van der Waals surface area (Å²) in [7, 11) is 0. The van der Waals surface area contributed by atoms with E-state index in [-0.39, 0.29) is 22.3 Å². The predicted molar refractivity (Wildman–Crippen MR) is 81.2 cm³/mol. The lowest BCUT2D eigenvalue weighted by Crippen LogP contribution is -2.38. The number of nitro benzene ring substituents is 1. The number of hydrogen-bond donors (Lipinski definition) is 0. The fourth-order valence-electron chi connectivity index (χ4n) is 2.62. The molecular formula is C14H17BrN2O3. The first-order valence-corrected chi connectivity index (χ1v) is 7.39. The van der Waals surface area contributed by atoms with Crippen LogP contribution in [-0.4, -0.2) is 23.8 Å². The molecule has 108 valence electrons. The number of Topliss-reactive ketones (excluding diaryl/α,β-unsaturated/α-hetero) is 1. The van der Waals surface area contributed by atoms with Crippen molar-refractivity contribution in [1.82, 2.24) is 0 Å². The lowest BCUT2D eigenvalue weighted by molar-refractivity contribution is -0.385. The Bertz CT molecular complexity index is 560. The molecule has 0 aromatic heterocycles. The van der Waals surface area contributed by atoms with Gasteiger partial charge < -0.3 is 4.90 Å². The molecule has 5 nitrogen and oxygen atoms in total. The van der Waals surface area contributed by atoms with E-state index in [1.165, 1.54) is 0 Å². The van der Waals surface area contributed by atoms with Gasteiger partial charge in [-0.2, -0.15) is 0 Å². The molecule has 0 spiro atoms.